The summed E-state index contributed by atoms with van der Waals surface area (Å²) in [6.45, 7) is 6.39. The molecule has 2 aliphatic heterocycles. The van der Waals surface area contributed by atoms with E-state index in [1.165, 1.54) is 30.9 Å². The van der Waals surface area contributed by atoms with Crippen molar-refractivity contribution in [3.63, 3.8) is 0 Å². The number of aliphatic imine (C=N–C) groups is 1. The Kier molecular flexibility index (Phi) is 6.18. The number of thiophene rings is 1. The molecule has 0 radical (unpaired) electrons. The van der Waals surface area contributed by atoms with Crippen molar-refractivity contribution >= 4 is 29.2 Å². The van der Waals surface area contributed by atoms with E-state index in [0.717, 1.165) is 56.1 Å². The molecule has 32 heavy (non-hydrogen) atoms. The molecule has 2 saturated heterocycles. The van der Waals surface area contributed by atoms with Gasteiger partial charge >= 0.3 is 0 Å². The monoisotopic (exact) mass is 450 g/mol. The summed E-state index contributed by atoms with van der Waals surface area (Å²) in [6, 6.07) is 2.16. The van der Waals surface area contributed by atoms with Gasteiger partial charge in [-0.05, 0) is 43.8 Å². The second-order valence-electron chi connectivity index (χ2n) is 8.53. The predicted octanol–water partition coefficient (Wildman–Crippen LogP) is 3.12. The number of hydrogen-bond acceptors (Lipinski definition) is 8. The van der Waals surface area contributed by atoms with E-state index in [4.69, 9.17) is 10.7 Å². The van der Waals surface area contributed by atoms with Crippen molar-refractivity contribution < 1.29 is 0 Å². The molecule has 0 aromatic carbocycles. The zero-order chi connectivity index (χ0) is 21.9. The topological polar surface area (TPSA) is 88.5 Å². The van der Waals surface area contributed by atoms with Gasteiger partial charge in [0.15, 0.2) is 0 Å². The molecular weight excluding hydrogens is 420 g/mol. The van der Waals surface area contributed by atoms with Crippen molar-refractivity contribution in [1.29, 1.82) is 0 Å². The summed E-state index contributed by atoms with van der Waals surface area (Å²) in [5, 5.41) is 4.31. The van der Waals surface area contributed by atoms with Crippen LogP contribution in [0.25, 0.3) is 11.3 Å². The molecule has 0 atom stereocenters. The van der Waals surface area contributed by atoms with Crippen molar-refractivity contribution in [1.82, 2.24) is 24.4 Å². The number of anilines is 2. The zero-order valence-electron chi connectivity index (χ0n) is 18.5. The number of rotatable bonds is 7. The predicted molar refractivity (Wildman–Crippen MR) is 131 cm³/mol. The molecular formula is C23H30N8S. The lowest BCUT2D eigenvalue weighted by molar-refractivity contribution is 0.173. The molecule has 8 nitrogen and oxygen atoms in total. The number of aromatic nitrogens is 4. The van der Waals surface area contributed by atoms with Gasteiger partial charge in [-0.15, -0.1) is 0 Å². The van der Waals surface area contributed by atoms with Crippen LogP contribution < -0.4 is 10.6 Å². The molecule has 0 aliphatic carbocycles. The number of likely N-dealkylation sites (tertiary alicyclic amines) is 1. The van der Waals surface area contributed by atoms with Crippen LogP contribution in [0.15, 0.2) is 34.3 Å². The van der Waals surface area contributed by atoms with Crippen LogP contribution in [0.2, 0.25) is 0 Å². The highest BCUT2D eigenvalue weighted by Gasteiger charge is 2.27. The molecule has 5 rings (SSSR count). The first-order valence-corrected chi connectivity index (χ1v) is 12.3. The largest absolute Gasteiger partial charge is 0.383 e. The highest BCUT2D eigenvalue weighted by atomic mass is 32.1. The Labute approximate surface area is 192 Å². The number of imidazole rings is 1. The van der Waals surface area contributed by atoms with E-state index in [2.05, 4.69) is 52.4 Å². The third-order valence-electron chi connectivity index (χ3n) is 6.54. The molecule has 2 aliphatic rings. The maximum Gasteiger partial charge on any atom is 0.142 e. The maximum absolute atomic E-state index is 6.09. The molecule has 2 N–H and O–H groups in total. The summed E-state index contributed by atoms with van der Waals surface area (Å²) in [6.07, 6.45) is 8.96. The fraction of sp³-hybridized carbons (Fsp3) is 0.478. The molecule has 0 unspecified atom stereocenters. The molecule has 0 saturated carbocycles. The van der Waals surface area contributed by atoms with E-state index in [1.807, 2.05) is 0 Å². The lowest BCUT2D eigenvalue weighted by Gasteiger charge is -2.34. The van der Waals surface area contributed by atoms with Crippen LogP contribution in [0.5, 0.6) is 0 Å². The lowest BCUT2D eigenvalue weighted by Crippen LogP contribution is -2.39. The van der Waals surface area contributed by atoms with Gasteiger partial charge in [-0.3, -0.25) is 4.99 Å². The fourth-order valence-electron chi connectivity index (χ4n) is 4.59. The summed E-state index contributed by atoms with van der Waals surface area (Å²) in [4.78, 5) is 22.7. The summed E-state index contributed by atoms with van der Waals surface area (Å²) >= 11 is 1.72. The first-order chi connectivity index (χ1) is 15.7. The first-order valence-electron chi connectivity index (χ1n) is 11.3. The van der Waals surface area contributed by atoms with Gasteiger partial charge in [0.1, 0.15) is 23.8 Å². The number of piperidine rings is 1. The highest BCUT2D eigenvalue weighted by Crippen LogP contribution is 2.33. The number of hydrogen-bond donors (Lipinski definition) is 1. The van der Waals surface area contributed by atoms with Crippen molar-refractivity contribution in [2.45, 2.75) is 31.7 Å². The first kappa shape index (κ1) is 21.1. The molecule has 9 heteroatoms. The SMILES string of the molecule is CN=Cc1c(N)ncnc1N1CCC(c2nc(-c3ccsc3)cn2CCN2CCC2)CC1. The fourth-order valence-corrected chi connectivity index (χ4v) is 5.24. The molecule has 3 aromatic rings. The second kappa shape index (κ2) is 9.38. The number of nitrogens with two attached hydrogens (primary N) is 1. The summed E-state index contributed by atoms with van der Waals surface area (Å²) < 4.78 is 2.41. The van der Waals surface area contributed by atoms with Crippen LogP contribution in [0.1, 0.15) is 36.6 Å². The van der Waals surface area contributed by atoms with Gasteiger partial charge in [-0.25, -0.2) is 15.0 Å². The van der Waals surface area contributed by atoms with Gasteiger partial charge in [0.25, 0.3) is 0 Å². The normalized spacial score (nSPS) is 17.8. The van der Waals surface area contributed by atoms with E-state index < -0.39 is 0 Å². The van der Waals surface area contributed by atoms with Gasteiger partial charge in [-0.1, -0.05) is 0 Å². The van der Waals surface area contributed by atoms with Crippen LogP contribution in [0.3, 0.4) is 0 Å². The van der Waals surface area contributed by atoms with Crippen LogP contribution >= 0.6 is 11.3 Å². The molecule has 0 spiro atoms. The Morgan fingerprint density at radius 3 is 2.72 bits per heavy atom. The molecule has 3 aromatic heterocycles. The van der Waals surface area contributed by atoms with Crippen molar-refractivity contribution in [3.05, 3.63) is 40.7 Å². The van der Waals surface area contributed by atoms with Gasteiger partial charge in [-0.2, -0.15) is 11.3 Å². The summed E-state index contributed by atoms with van der Waals surface area (Å²) in [5.74, 6) is 3.02. The van der Waals surface area contributed by atoms with Crippen LogP contribution in [0, 0.1) is 0 Å². The van der Waals surface area contributed by atoms with Gasteiger partial charge in [0.2, 0.25) is 0 Å². The highest BCUT2D eigenvalue weighted by molar-refractivity contribution is 7.08. The average molecular weight is 451 g/mol. The van der Waals surface area contributed by atoms with Crippen molar-refractivity contribution in [3.8, 4) is 11.3 Å². The Morgan fingerprint density at radius 2 is 2.03 bits per heavy atom. The van der Waals surface area contributed by atoms with E-state index >= 15 is 0 Å². The number of nitrogen functional groups attached to an aromatic ring is 1. The minimum Gasteiger partial charge on any atom is -0.383 e. The minimum absolute atomic E-state index is 0.442. The third kappa shape index (κ3) is 4.27. The van der Waals surface area contributed by atoms with Gasteiger partial charge in [0, 0.05) is 62.5 Å². The molecule has 168 valence electrons. The van der Waals surface area contributed by atoms with Crippen molar-refractivity contribution in [2.24, 2.45) is 4.99 Å². The van der Waals surface area contributed by atoms with Crippen LogP contribution in [-0.4, -0.2) is 70.4 Å². The van der Waals surface area contributed by atoms with E-state index in [0.29, 0.717) is 11.7 Å². The van der Waals surface area contributed by atoms with Crippen molar-refractivity contribution in [2.75, 3.05) is 50.4 Å². The zero-order valence-corrected chi connectivity index (χ0v) is 19.3. The van der Waals surface area contributed by atoms with Gasteiger partial charge < -0.3 is 20.1 Å². The second-order valence-corrected chi connectivity index (χ2v) is 9.31. The Balaban J connectivity index is 1.34. The maximum atomic E-state index is 6.09. The molecule has 0 amide bonds. The van der Waals surface area contributed by atoms with Crippen LogP contribution in [0.4, 0.5) is 11.6 Å². The Hall–Kier alpha value is -2.78. The smallest absolute Gasteiger partial charge is 0.142 e. The minimum atomic E-state index is 0.442. The standard InChI is InChI=1S/C23H30N8S/c1-25-13-19-21(24)26-16-27-23(19)30-8-3-17(4-9-30)22-28-20(18-5-12-32-15-18)14-31(22)11-10-29-6-2-7-29/h5,12-17H,2-4,6-11H2,1H3,(H2,24,26,27). The Bertz CT molecular complexity index is 1060. The van der Waals surface area contributed by atoms with Gasteiger partial charge in [0.05, 0.1) is 11.3 Å². The Morgan fingerprint density at radius 1 is 1.19 bits per heavy atom. The van der Waals surface area contributed by atoms with E-state index in [9.17, 15) is 0 Å². The summed E-state index contributed by atoms with van der Waals surface area (Å²) in [5.41, 5.74) is 9.21. The third-order valence-corrected chi connectivity index (χ3v) is 7.22. The summed E-state index contributed by atoms with van der Waals surface area (Å²) in [7, 11) is 1.74. The van der Waals surface area contributed by atoms with E-state index in [-0.39, 0.29) is 0 Å². The molecule has 0 bridgehead atoms. The van der Waals surface area contributed by atoms with Crippen LogP contribution in [-0.2, 0) is 6.54 Å². The molecule has 5 heterocycles. The van der Waals surface area contributed by atoms with E-state index in [1.54, 1.807) is 30.9 Å². The lowest BCUT2D eigenvalue weighted by atomic mass is 9.95. The number of nitrogens with zero attached hydrogens (tertiary/aromatic N) is 7. The quantitative estimate of drug-likeness (QED) is 0.557. The average Bonchev–Trinajstić information content (AvgIpc) is 3.44. The molecule has 2 fully saturated rings.